The highest BCUT2D eigenvalue weighted by Crippen LogP contribution is 2.16. The molecule has 4 heteroatoms. The summed E-state index contributed by atoms with van der Waals surface area (Å²) in [6.45, 7) is 2.74. The Morgan fingerprint density at radius 2 is 2.17 bits per heavy atom. The van der Waals surface area contributed by atoms with Gasteiger partial charge in [-0.1, -0.05) is 12.1 Å². The Bertz CT molecular complexity index is 543. The van der Waals surface area contributed by atoms with Crippen LogP contribution in [0.5, 0.6) is 0 Å². The van der Waals surface area contributed by atoms with Crippen molar-refractivity contribution in [2.24, 2.45) is 0 Å². The normalized spacial score (nSPS) is 10.4. The fourth-order valence-corrected chi connectivity index (χ4v) is 2.19. The lowest BCUT2D eigenvalue weighted by Gasteiger charge is -2.08. The first-order chi connectivity index (χ1) is 8.65. The van der Waals surface area contributed by atoms with E-state index in [0.717, 1.165) is 34.4 Å². The van der Waals surface area contributed by atoms with Crippen LogP contribution in [0.1, 0.15) is 11.1 Å². The molecule has 0 saturated heterocycles. The Morgan fingerprint density at radius 1 is 1.33 bits per heavy atom. The van der Waals surface area contributed by atoms with E-state index in [1.807, 2.05) is 19.1 Å². The summed E-state index contributed by atoms with van der Waals surface area (Å²) >= 11 is 3.38. The van der Waals surface area contributed by atoms with Crippen LogP contribution in [0.25, 0.3) is 0 Å². The average Bonchev–Trinajstić information content (AvgIpc) is 2.32. The maximum absolute atomic E-state index is 13.0. The predicted molar refractivity (Wildman–Crippen MR) is 75.3 cm³/mol. The summed E-state index contributed by atoms with van der Waals surface area (Å²) in [5.74, 6) is 0.681. The lowest BCUT2D eigenvalue weighted by atomic mass is 10.1. The Kier molecular flexibility index (Phi) is 4.31. The Balaban J connectivity index is 1.92. The van der Waals surface area contributed by atoms with Crippen LogP contribution >= 0.6 is 15.9 Å². The molecule has 0 spiro atoms. The highest BCUT2D eigenvalue weighted by atomic mass is 79.9. The molecule has 0 radical (unpaired) electrons. The lowest BCUT2D eigenvalue weighted by Crippen LogP contribution is -2.07. The highest BCUT2D eigenvalue weighted by molar-refractivity contribution is 9.10. The van der Waals surface area contributed by atoms with Crippen LogP contribution in [0.2, 0.25) is 0 Å². The van der Waals surface area contributed by atoms with Crippen molar-refractivity contribution in [2.45, 2.75) is 13.3 Å². The first-order valence-electron chi connectivity index (χ1n) is 5.75. The Labute approximate surface area is 114 Å². The quantitative estimate of drug-likeness (QED) is 0.925. The van der Waals surface area contributed by atoms with Crippen LogP contribution in [-0.4, -0.2) is 11.5 Å². The number of hydrogen-bond acceptors (Lipinski definition) is 2. The van der Waals surface area contributed by atoms with E-state index in [-0.39, 0.29) is 5.82 Å². The van der Waals surface area contributed by atoms with Crippen molar-refractivity contribution in [1.29, 1.82) is 0 Å². The van der Waals surface area contributed by atoms with Crippen molar-refractivity contribution in [3.05, 3.63) is 57.9 Å². The summed E-state index contributed by atoms with van der Waals surface area (Å²) < 4.78 is 14.0. The fourth-order valence-electron chi connectivity index (χ4n) is 1.74. The molecule has 1 N–H and O–H groups in total. The van der Waals surface area contributed by atoms with Crippen molar-refractivity contribution in [1.82, 2.24) is 4.98 Å². The molecule has 0 atom stereocenters. The molecule has 0 bridgehead atoms. The number of aryl methyl sites for hydroxylation is 1. The third-order valence-electron chi connectivity index (χ3n) is 2.64. The zero-order chi connectivity index (χ0) is 13.0. The Morgan fingerprint density at radius 3 is 2.89 bits per heavy atom. The molecular formula is C14H14BrFN2. The monoisotopic (exact) mass is 308 g/mol. The number of hydrogen-bond donors (Lipinski definition) is 1. The van der Waals surface area contributed by atoms with Gasteiger partial charge in [0.2, 0.25) is 0 Å². The van der Waals surface area contributed by atoms with Gasteiger partial charge in [-0.05, 0) is 58.6 Å². The maximum atomic E-state index is 13.0. The SMILES string of the molecule is Cc1cc(Br)cnc1NCCc1cccc(F)c1. The molecule has 0 aliphatic heterocycles. The topological polar surface area (TPSA) is 24.9 Å². The number of nitrogens with one attached hydrogen (secondary N) is 1. The minimum absolute atomic E-state index is 0.189. The number of nitrogens with zero attached hydrogens (tertiary/aromatic N) is 1. The number of pyridine rings is 1. The van der Waals surface area contributed by atoms with Crippen LogP contribution in [0.4, 0.5) is 10.2 Å². The summed E-state index contributed by atoms with van der Waals surface area (Å²) in [6.07, 6.45) is 2.53. The molecule has 0 fully saturated rings. The average molecular weight is 309 g/mol. The summed E-state index contributed by atoms with van der Waals surface area (Å²) in [6, 6.07) is 8.68. The van der Waals surface area contributed by atoms with E-state index >= 15 is 0 Å². The second-order valence-corrected chi connectivity index (χ2v) is 5.04. The zero-order valence-corrected chi connectivity index (χ0v) is 11.7. The molecular weight excluding hydrogens is 295 g/mol. The van der Waals surface area contributed by atoms with Gasteiger partial charge in [0.05, 0.1) is 0 Å². The van der Waals surface area contributed by atoms with Crippen LogP contribution in [0.3, 0.4) is 0 Å². The van der Waals surface area contributed by atoms with Gasteiger partial charge in [0, 0.05) is 17.2 Å². The van der Waals surface area contributed by atoms with Crippen molar-refractivity contribution >= 4 is 21.7 Å². The molecule has 1 aromatic heterocycles. The lowest BCUT2D eigenvalue weighted by molar-refractivity contribution is 0.625. The molecule has 0 aliphatic rings. The largest absolute Gasteiger partial charge is 0.370 e. The first kappa shape index (κ1) is 13.0. The van der Waals surface area contributed by atoms with Gasteiger partial charge in [-0.3, -0.25) is 0 Å². The van der Waals surface area contributed by atoms with E-state index in [4.69, 9.17) is 0 Å². The van der Waals surface area contributed by atoms with Gasteiger partial charge in [-0.15, -0.1) is 0 Å². The van der Waals surface area contributed by atoms with Gasteiger partial charge < -0.3 is 5.32 Å². The molecule has 2 nitrogen and oxygen atoms in total. The van der Waals surface area contributed by atoms with Gasteiger partial charge in [0.1, 0.15) is 11.6 Å². The molecule has 18 heavy (non-hydrogen) atoms. The minimum Gasteiger partial charge on any atom is -0.370 e. The molecule has 2 aromatic rings. The van der Waals surface area contributed by atoms with Crippen LogP contribution in [0.15, 0.2) is 41.0 Å². The van der Waals surface area contributed by atoms with Crippen LogP contribution in [-0.2, 0) is 6.42 Å². The van der Waals surface area contributed by atoms with Gasteiger partial charge >= 0.3 is 0 Å². The van der Waals surface area contributed by atoms with E-state index < -0.39 is 0 Å². The van der Waals surface area contributed by atoms with Crippen molar-refractivity contribution in [3.63, 3.8) is 0 Å². The van der Waals surface area contributed by atoms with E-state index in [1.54, 1.807) is 18.3 Å². The molecule has 0 aliphatic carbocycles. The van der Waals surface area contributed by atoms with E-state index in [1.165, 1.54) is 6.07 Å². The number of anilines is 1. The smallest absolute Gasteiger partial charge is 0.128 e. The standard InChI is InChI=1S/C14H14BrFN2/c1-10-7-12(15)9-18-14(10)17-6-5-11-3-2-4-13(16)8-11/h2-4,7-9H,5-6H2,1H3,(H,17,18). The Hall–Kier alpha value is -1.42. The highest BCUT2D eigenvalue weighted by Gasteiger charge is 2.00. The van der Waals surface area contributed by atoms with E-state index in [9.17, 15) is 4.39 Å². The predicted octanol–water partition coefficient (Wildman–Crippen LogP) is 3.95. The van der Waals surface area contributed by atoms with Gasteiger partial charge in [0.15, 0.2) is 0 Å². The second kappa shape index (κ2) is 5.96. The van der Waals surface area contributed by atoms with Gasteiger partial charge in [0.25, 0.3) is 0 Å². The molecule has 94 valence electrons. The van der Waals surface area contributed by atoms with E-state index in [2.05, 4.69) is 26.2 Å². The molecule has 0 saturated carbocycles. The van der Waals surface area contributed by atoms with Gasteiger partial charge in [-0.25, -0.2) is 9.37 Å². The summed E-state index contributed by atoms with van der Waals surface area (Å²) in [5.41, 5.74) is 2.07. The third kappa shape index (κ3) is 3.53. The number of benzene rings is 1. The summed E-state index contributed by atoms with van der Waals surface area (Å²) in [5, 5.41) is 3.25. The van der Waals surface area contributed by atoms with Crippen LogP contribution < -0.4 is 5.32 Å². The fraction of sp³-hybridized carbons (Fsp3) is 0.214. The van der Waals surface area contributed by atoms with Crippen molar-refractivity contribution in [2.75, 3.05) is 11.9 Å². The van der Waals surface area contributed by atoms with Gasteiger partial charge in [-0.2, -0.15) is 0 Å². The number of halogens is 2. The second-order valence-electron chi connectivity index (χ2n) is 4.13. The van der Waals surface area contributed by atoms with Crippen molar-refractivity contribution < 1.29 is 4.39 Å². The molecule has 0 unspecified atom stereocenters. The van der Waals surface area contributed by atoms with Crippen molar-refractivity contribution in [3.8, 4) is 0 Å². The first-order valence-corrected chi connectivity index (χ1v) is 6.55. The van der Waals surface area contributed by atoms with Crippen LogP contribution in [0, 0.1) is 12.7 Å². The molecule has 2 rings (SSSR count). The third-order valence-corrected chi connectivity index (χ3v) is 3.07. The van der Waals surface area contributed by atoms with E-state index in [0.29, 0.717) is 0 Å². The maximum Gasteiger partial charge on any atom is 0.128 e. The number of rotatable bonds is 4. The molecule has 1 aromatic carbocycles. The zero-order valence-electron chi connectivity index (χ0n) is 10.1. The number of aromatic nitrogens is 1. The molecule has 0 amide bonds. The molecule has 1 heterocycles. The summed E-state index contributed by atoms with van der Waals surface area (Å²) in [4.78, 5) is 4.29. The minimum atomic E-state index is -0.189. The summed E-state index contributed by atoms with van der Waals surface area (Å²) in [7, 11) is 0.